The molecule has 3 N–H and O–H groups in total. The summed E-state index contributed by atoms with van der Waals surface area (Å²) in [7, 11) is 3.82. The molecule has 0 radical (unpaired) electrons. The van der Waals surface area contributed by atoms with Crippen LogP contribution in [0.2, 0.25) is 0 Å². The Morgan fingerprint density at radius 3 is 2.85 bits per heavy atom. The number of halogens is 1. The molecule has 0 fully saturated rings. The van der Waals surface area contributed by atoms with Crippen molar-refractivity contribution < 1.29 is 14.0 Å². The number of hydrogen-bond donors (Lipinski definition) is 3. The van der Waals surface area contributed by atoms with Crippen LogP contribution in [-0.2, 0) is 9.59 Å². The van der Waals surface area contributed by atoms with E-state index in [2.05, 4.69) is 15.6 Å². The van der Waals surface area contributed by atoms with E-state index in [1.54, 1.807) is 18.3 Å². The third kappa shape index (κ3) is 3.67. The fraction of sp³-hybridized carbons (Fsp3) is 0.263. The number of aromatic nitrogens is 1. The van der Waals surface area contributed by atoms with E-state index in [-0.39, 0.29) is 11.8 Å². The summed E-state index contributed by atoms with van der Waals surface area (Å²) in [4.78, 5) is 29.2. The van der Waals surface area contributed by atoms with Gasteiger partial charge in [0.2, 0.25) is 5.91 Å². The summed E-state index contributed by atoms with van der Waals surface area (Å²) in [5.41, 5.74) is 3.67. The van der Waals surface area contributed by atoms with Crippen LogP contribution in [0.25, 0.3) is 11.6 Å². The highest BCUT2D eigenvalue weighted by Crippen LogP contribution is 2.34. The first kappa shape index (κ1) is 17.9. The lowest BCUT2D eigenvalue weighted by atomic mass is 10.0. The number of nitrogens with one attached hydrogen (secondary N) is 3. The molecule has 0 aliphatic carbocycles. The smallest absolute Gasteiger partial charge is 0.256 e. The van der Waals surface area contributed by atoms with Crippen molar-refractivity contribution in [3.8, 4) is 0 Å². The summed E-state index contributed by atoms with van der Waals surface area (Å²) in [6.45, 7) is 2.51. The van der Waals surface area contributed by atoms with E-state index in [0.29, 0.717) is 41.2 Å². The van der Waals surface area contributed by atoms with Crippen LogP contribution >= 0.6 is 0 Å². The second kappa shape index (κ2) is 7.13. The molecule has 7 heteroatoms. The Morgan fingerprint density at radius 2 is 2.12 bits per heavy atom. The molecule has 26 heavy (non-hydrogen) atoms. The van der Waals surface area contributed by atoms with Crippen molar-refractivity contribution in [2.24, 2.45) is 0 Å². The first-order valence-corrected chi connectivity index (χ1v) is 8.30. The van der Waals surface area contributed by atoms with Gasteiger partial charge in [-0.3, -0.25) is 9.59 Å². The van der Waals surface area contributed by atoms with Crippen LogP contribution in [0.3, 0.4) is 0 Å². The highest BCUT2D eigenvalue weighted by atomic mass is 19.1. The van der Waals surface area contributed by atoms with Crippen molar-refractivity contribution in [1.82, 2.24) is 9.88 Å². The minimum absolute atomic E-state index is 0.0778. The molecule has 2 heterocycles. The average Bonchev–Trinajstić information content (AvgIpc) is 3.07. The molecule has 0 bridgehead atoms. The van der Waals surface area contributed by atoms with Crippen LogP contribution in [0, 0.1) is 12.7 Å². The Hall–Kier alpha value is -2.93. The largest absolute Gasteiger partial charge is 0.360 e. The van der Waals surface area contributed by atoms with E-state index >= 15 is 0 Å². The lowest BCUT2D eigenvalue weighted by Gasteiger charge is -2.09. The van der Waals surface area contributed by atoms with Gasteiger partial charge in [-0.2, -0.15) is 0 Å². The minimum atomic E-state index is -0.400. The molecule has 0 unspecified atom stereocenters. The molecular formula is C19H21FN4O2. The van der Waals surface area contributed by atoms with Crippen molar-refractivity contribution in [3.05, 3.63) is 47.0 Å². The van der Waals surface area contributed by atoms with Crippen LogP contribution in [-0.4, -0.2) is 42.3 Å². The Balaban J connectivity index is 1.83. The monoisotopic (exact) mass is 356 g/mol. The average molecular weight is 356 g/mol. The van der Waals surface area contributed by atoms with Gasteiger partial charge in [-0.05, 0) is 50.9 Å². The molecule has 0 atom stereocenters. The van der Waals surface area contributed by atoms with Gasteiger partial charge in [0, 0.05) is 36.1 Å². The minimum Gasteiger partial charge on any atom is -0.360 e. The topological polar surface area (TPSA) is 77.2 Å². The summed E-state index contributed by atoms with van der Waals surface area (Å²) in [5.74, 6) is -0.759. The predicted molar refractivity (Wildman–Crippen MR) is 100 cm³/mol. The fourth-order valence-electron chi connectivity index (χ4n) is 2.78. The number of H-pyrrole nitrogens is 1. The number of hydrogen-bond acceptors (Lipinski definition) is 3. The van der Waals surface area contributed by atoms with Crippen LogP contribution < -0.4 is 10.6 Å². The quantitative estimate of drug-likeness (QED) is 0.721. The molecule has 2 amide bonds. The molecule has 6 nitrogen and oxygen atoms in total. The summed E-state index contributed by atoms with van der Waals surface area (Å²) in [5, 5.41) is 5.58. The maximum Gasteiger partial charge on any atom is 0.256 e. The van der Waals surface area contributed by atoms with Gasteiger partial charge in [0.25, 0.3) is 5.91 Å². The first-order valence-electron chi connectivity index (χ1n) is 8.30. The zero-order valence-electron chi connectivity index (χ0n) is 14.9. The van der Waals surface area contributed by atoms with Gasteiger partial charge in [0.05, 0.1) is 11.3 Å². The summed E-state index contributed by atoms with van der Waals surface area (Å²) >= 11 is 0. The molecule has 1 aliphatic rings. The number of aromatic amines is 1. The number of amides is 2. The second-order valence-electron chi connectivity index (χ2n) is 6.54. The zero-order valence-corrected chi connectivity index (χ0v) is 14.9. The molecule has 1 aromatic carbocycles. The van der Waals surface area contributed by atoms with Gasteiger partial charge < -0.3 is 20.5 Å². The van der Waals surface area contributed by atoms with Gasteiger partial charge >= 0.3 is 0 Å². The molecule has 3 rings (SSSR count). The van der Waals surface area contributed by atoms with E-state index in [1.807, 2.05) is 25.9 Å². The number of rotatable bonds is 5. The lowest BCUT2D eigenvalue weighted by molar-refractivity contribution is -0.116. The zero-order chi connectivity index (χ0) is 18.8. The summed E-state index contributed by atoms with van der Waals surface area (Å²) in [6, 6.07) is 4.19. The molecular weight excluding hydrogens is 335 g/mol. The molecule has 1 aromatic heterocycles. The predicted octanol–water partition coefficient (Wildman–Crippen LogP) is 2.85. The van der Waals surface area contributed by atoms with E-state index in [9.17, 15) is 14.0 Å². The Kier molecular flexibility index (Phi) is 4.90. The van der Waals surface area contributed by atoms with Gasteiger partial charge in [-0.25, -0.2) is 4.39 Å². The van der Waals surface area contributed by atoms with Crippen molar-refractivity contribution in [2.45, 2.75) is 13.3 Å². The second-order valence-corrected chi connectivity index (χ2v) is 6.54. The van der Waals surface area contributed by atoms with Crippen molar-refractivity contribution in [2.75, 3.05) is 31.3 Å². The number of anilines is 2. The fourth-order valence-corrected chi connectivity index (χ4v) is 2.78. The summed E-state index contributed by atoms with van der Waals surface area (Å²) in [6.07, 6.45) is 3.75. The Morgan fingerprint density at radius 1 is 1.35 bits per heavy atom. The maximum absolute atomic E-state index is 13.5. The Labute approximate surface area is 151 Å². The van der Waals surface area contributed by atoms with Gasteiger partial charge in [0.1, 0.15) is 5.82 Å². The molecule has 1 aliphatic heterocycles. The highest BCUT2D eigenvalue weighted by Gasteiger charge is 2.25. The standard InChI is InChI=1S/C19H21FN4O2/c1-11-16(21-10-17(11)22-18(25)6-7-24(2)3)9-14-13-8-12(20)4-5-15(13)23-19(14)26/h4-5,8-10,21H,6-7H2,1-3H3,(H,22,25)(H,23,26)/b14-9-. The molecule has 0 saturated carbocycles. The highest BCUT2D eigenvalue weighted by molar-refractivity contribution is 6.34. The van der Waals surface area contributed by atoms with Gasteiger partial charge in [-0.1, -0.05) is 0 Å². The number of benzene rings is 1. The number of carbonyl (C=O) groups is 2. The number of nitrogens with zero attached hydrogens (tertiary/aromatic N) is 1. The molecule has 136 valence electrons. The lowest BCUT2D eigenvalue weighted by Crippen LogP contribution is -2.20. The summed E-state index contributed by atoms with van der Waals surface area (Å²) < 4.78 is 13.5. The molecule has 0 spiro atoms. The van der Waals surface area contributed by atoms with Crippen molar-refractivity contribution in [3.63, 3.8) is 0 Å². The van der Waals surface area contributed by atoms with Gasteiger partial charge in [0.15, 0.2) is 0 Å². The van der Waals surface area contributed by atoms with Crippen molar-refractivity contribution in [1.29, 1.82) is 0 Å². The van der Waals surface area contributed by atoms with Crippen LogP contribution in [0.1, 0.15) is 23.2 Å². The van der Waals surface area contributed by atoms with Gasteiger partial charge in [-0.15, -0.1) is 0 Å². The molecule has 0 saturated heterocycles. The van der Waals surface area contributed by atoms with E-state index in [0.717, 1.165) is 5.56 Å². The maximum atomic E-state index is 13.5. The van der Waals surface area contributed by atoms with E-state index < -0.39 is 5.82 Å². The van der Waals surface area contributed by atoms with Crippen LogP contribution in [0.5, 0.6) is 0 Å². The third-order valence-corrected chi connectivity index (χ3v) is 4.29. The number of fused-ring (bicyclic) bond motifs is 1. The SMILES string of the molecule is Cc1c(NC(=O)CCN(C)C)c[nH]c1/C=C1\C(=O)Nc2ccc(F)cc21. The van der Waals surface area contributed by atoms with Crippen LogP contribution in [0.4, 0.5) is 15.8 Å². The van der Waals surface area contributed by atoms with E-state index in [1.165, 1.54) is 12.1 Å². The number of carbonyl (C=O) groups excluding carboxylic acids is 2. The van der Waals surface area contributed by atoms with E-state index in [4.69, 9.17) is 0 Å². The third-order valence-electron chi connectivity index (χ3n) is 4.29. The molecule has 2 aromatic rings. The van der Waals surface area contributed by atoms with Crippen LogP contribution in [0.15, 0.2) is 24.4 Å². The first-order chi connectivity index (χ1) is 12.3. The normalized spacial score (nSPS) is 14.7. The Bertz CT molecular complexity index is 899. The van der Waals surface area contributed by atoms with Crippen molar-refractivity contribution >= 4 is 34.8 Å².